The number of carbonyl (C=O) groups excluding carboxylic acids is 2. The van der Waals surface area contributed by atoms with Crippen LogP contribution in [-0.2, 0) is 11.3 Å². The van der Waals surface area contributed by atoms with Crippen molar-refractivity contribution in [1.29, 1.82) is 0 Å². The summed E-state index contributed by atoms with van der Waals surface area (Å²) in [5, 5.41) is 22.0. The van der Waals surface area contributed by atoms with Crippen molar-refractivity contribution in [3.63, 3.8) is 0 Å². The number of amides is 2. The molecule has 6 nitrogen and oxygen atoms in total. The van der Waals surface area contributed by atoms with Crippen molar-refractivity contribution in [2.24, 2.45) is 0 Å². The molecule has 2 amide bonds. The molecule has 0 unspecified atom stereocenters. The molecule has 3 N–H and O–H groups in total. The number of benzene rings is 3. The number of phenolic OH excluding ortho intramolecular Hbond substituents is 2. The lowest BCUT2D eigenvalue weighted by Gasteiger charge is -2.14. The number of rotatable bonds is 5. The Morgan fingerprint density at radius 2 is 1.63 bits per heavy atom. The Bertz CT molecular complexity index is 1140. The monoisotopic (exact) mass is 418 g/mol. The predicted octanol–water partition coefficient (Wildman–Crippen LogP) is 5.08. The van der Waals surface area contributed by atoms with E-state index in [9.17, 15) is 19.8 Å². The maximum Gasteiger partial charge on any atom is 0.293 e. The van der Waals surface area contributed by atoms with Crippen LogP contribution in [0.15, 0.2) is 77.7 Å². The molecule has 30 heavy (non-hydrogen) atoms. The molecule has 1 heterocycles. The summed E-state index contributed by atoms with van der Waals surface area (Å²) in [6.07, 6.45) is 1.53. The second-order valence-corrected chi connectivity index (χ2v) is 7.70. The third-order valence-electron chi connectivity index (χ3n) is 4.50. The van der Waals surface area contributed by atoms with E-state index in [0.29, 0.717) is 5.56 Å². The zero-order valence-corrected chi connectivity index (χ0v) is 16.6. The fourth-order valence-corrected chi connectivity index (χ4v) is 3.87. The Morgan fingerprint density at radius 3 is 2.40 bits per heavy atom. The molecule has 7 heteroatoms. The van der Waals surface area contributed by atoms with Crippen LogP contribution in [0.2, 0.25) is 0 Å². The predicted molar refractivity (Wildman–Crippen MR) is 117 cm³/mol. The second-order valence-electron chi connectivity index (χ2n) is 6.71. The van der Waals surface area contributed by atoms with Crippen LogP contribution in [-0.4, -0.2) is 26.3 Å². The summed E-state index contributed by atoms with van der Waals surface area (Å²) in [7, 11) is 0. The van der Waals surface area contributed by atoms with E-state index < -0.39 is 0 Å². The minimum atomic E-state index is -0.390. The fourth-order valence-electron chi connectivity index (χ4n) is 3.04. The molecular formula is C23H18N2O4S. The summed E-state index contributed by atoms with van der Waals surface area (Å²) >= 11 is 0.852. The normalized spacial score (nSPS) is 15.1. The third kappa shape index (κ3) is 4.31. The van der Waals surface area contributed by atoms with E-state index in [0.717, 1.165) is 28.7 Å². The van der Waals surface area contributed by atoms with Crippen LogP contribution < -0.4 is 5.32 Å². The van der Waals surface area contributed by atoms with Gasteiger partial charge < -0.3 is 15.5 Å². The average Bonchev–Trinajstić information content (AvgIpc) is 2.99. The molecule has 1 aliphatic rings. The number of carbonyl (C=O) groups is 2. The van der Waals surface area contributed by atoms with E-state index >= 15 is 0 Å². The first-order valence-electron chi connectivity index (χ1n) is 9.18. The molecule has 1 fully saturated rings. The van der Waals surface area contributed by atoms with Gasteiger partial charge in [0, 0.05) is 11.4 Å². The average molecular weight is 418 g/mol. The number of phenols is 2. The van der Waals surface area contributed by atoms with Gasteiger partial charge in [-0.3, -0.25) is 14.5 Å². The van der Waals surface area contributed by atoms with Gasteiger partial charge in [-0.05, 0) is 65.4 Å². The molecule has 150 valence electrons. The topological polar surface area (TPSA) is 89.9 Å². The Balaban J connectivity index is 1.50. The van der Waals surface area contributed by atoms with Crippen LogP contribution in [0.1, 0.15) is 11.1 Å². The minimum absolute atomic E-state index is 0.160. The summed E-state index contributed by atoms with van der Waals surface area (Å²) in [6.45, 7) is 0.160. The SMILES string of the molecule is O=C1S/C(=C\c2ccc(O)c(O)c2)C(=O)N1Cc1cccc(Nc2ccccc2)c1. The maximum absolute atomic E-state index is 12.7. The second kappa shape index (κ2) is 8.34. The lowest BCUT2D eigenvalue weighted by atomic mass is 10.1. The van der Waals surface area contributed by atoms with Gasteiger partial charge >= 0.3 is 0 Å². The number of hydrogen-bond acceptors (Lipinski definition) is 6. The highest BCUT2D eigenvalue weighted by molar-refractivity contribution is 8.18. The van der Waals surface area contributed by atoms with Gasteiger partial charge in [-0.1, -0.05) is 36.4 Å². The first-order chi connectivity index (χ1) is 14.5. The van der Waals surface area contributed by atoms with Gasteiger partial charge in [0.25, 0.3) is 11.1 Å². The lowest BCUT2D eigenvalue weighted by molar-refractivity contribution is -0.123. The summed E-state index contributed by atoms with van der Waals surface area (Å²) in [5.74, 6) is -0.922. The fraction of sp³-hybridized carbons (Fsp3) is 0.0435. The van der Waals surface area contributed by atoms with E-state index in [4.69, 9.17) is 0 Å². The van der Waals surface area contributed by atoms with Crippen LogP contribution in [0.5, 0.6) is 11.5 Å². The maximum atomic E-state index is 12.7. The Labute approximate surface area is 177 Å². The van der Waals surface area contributed by atoms with Gasteiger partial charge in [0.15, 0.2) is 11.5 Å². The lowest BCUT2D eigenvalue weighted by Crippen LogP contribution is -2.27. The number of nitrogens with zero attached hydrogens (tertiary/aromatic N) is 1. The Morgan fingerprint density at radius 1 is 0.867 bits per heavy atom. The highest BCUT2D eigenvalue weighted by Gasteiger charge is 2.35. The number of thioether (sulfide) groups is 1. The molecule has 0 radical (unpaired) electrons. The van der Waals surface area contributed by atoms with Crippen molar-refractivity contribution in [3.05, 3.63) is 88.8 Å². The number of para-hydroxylation sites is 1. The van der Waals surface area contributed by atoms with Gasteiger partial charge in [0.1, 0.15) is 0 Å². The molecule has 3 aromatic rings. The van der Waals surface area contributed by atoms with Crippen LogP contribution in [0, 0.1) is 0 Å². The van der Waals surface area contributed by atoms with Gasteiger partial charge in [-0.25, -0.2) is 0 Å². The van der Waals surface area contributed by atoms with Gasteiger partial charge in [-0.15, -0.1) is 0 Å². The largest absolute Gasteiger partial charge is 0.504 e. The minimum Gasteiger partial charge on any atom is -0.504 e. The summed E-state index contributed by atoms with van der Waals surface area (Å²) in [5.41, 5.74) is 3.15. The first kappa shape index (κ1) is 19.6. The molecule has 4 rings (SSSR count). The van der Waals surface area contributed by atoms with Crippen molar-refractivity contribution >= 4 is 40.4 Å². The van der Waals surface area contributed by atoms with Gasteiger partial charge in [-0.2, -0.15) is 0 Å². The standard InChI is InChI=1S/C23H18N2O4S/c26-19-10-9-15(12-20(19)27)13-21-22(28)25(23(29)30-21)14-16-5-4-8-18(11-16)24-17-6-2-1-3-7-17/h1-13,24,26-27H,14H2/b21-13-. The molecule has 0 aliphatic carbocycles. The summed E-state index contributed by atoms with van der Waals surface area (Å²) < 4.78 is 0. The van der Waals surface area contributed by atoms with E-state index in [1.807, 2.05) is 54.6 Å². The zero-order valence-electron chi connectivity index (χ0n) is 15.8. The number of hydrogen-bond donors (Lipinski definition) is 3. The zero-order chi connectivity index (χ0) is 21.1. The third-order valence-corrected chi connectivity index (χ3v) is 5.41. The van der Waals surface area contributed by atoms with Gasteiger partial charge in [0.05, 0.1) is 11.4 Å². The quantitative estimate of drug-likeness (QED) is 0.396. The molecule has 1 aliphatic heterocycles. The van der Waals surface area contributed by atoms with Crippen LogP contribution >= 0.6 is 11.8 Å². The van der Waals surface area contributed by atoms with Crippen molar-refractivity contribution in [3.8, 4) is 11.5 Å². The van der Waals surface area contributed by atoms with Crippen LogP contribution in [0.3, 0.4) is 0 Å². The molecule has 0 saturated carbocycles. The molecule has 3 aromatic carbocycles. The molecule has 0 bridgehead atoms. The Hall–Kier alpha value is -3.71. The Kier molecular flexibility index (Phi) is 5.45. The number of aromatic hydroxyl groups is 2. The summed E-state index contributed by atoms with van der Waals surface area (Å²) in [6, 6.07) is 21.5. The number of anilines is 2. The van der Waals surface area contributed by atoms with E-state index in [-0.39, 0.29) is 34.1 Å². The van der Waals surface area contributed by atoms with E-state index in [1.54, 1.807) is 6.07 Å². The van der Waals surface area contributed by atoms with Crippen molar-refractivity contribution < 1.29 is 19.8 Å². The first-order valence-corrected chi connectivity index (χ1v) is 9.99. The molecule has 1 saturated heterocycles. The van der Waals surface area contributed by atoms with Crippen molar-refractivity contribution in [2.75, 3.05) is 5.32 Å². The number of nitrogens with one attached hydrogen (secondary N) is 1. The molecule has 0 atom stereocenters. The molecule has 0 spiro atoms. The highest BCUT2D eigenvalue weighted by Crippen LogP contribution is 2.35. The van der Waals surface area contributed by atoms with E-state index in [1.165, 1.54) is 23.1 Å². The molecule has 0 aromatic heterocycles. The van der Waals surface area contributed by atoms with Crippen molar-refractivity contribution in [2.45, 2.75) is 6.54 Å². The highest BCUT2D eigenvalue weighted by atomic mass is 32.2. The van der Waals surface area contributed by atoms with Crippen LogP contribution in [0.4, 0.5) is 16.2 Å². The molecular weight excluding hydrogens is 400 g/mol. The van der Waals surface area contributed by atoms with Crippen LogP contribution in [0.25, 0.3) is 6.08 Å². The van der Waals surface area contributed by atoms with Crippen molar-refractivity contribution in [1.82, 2.24) is 4.90 Å². The number of imide groups is 1. The van der Waals surface area contributed by atoms with Gasteiger partial charge in [0.2, 0.25) is 0 Å². The smallest absolute Gasteiger partial charge is 0.293 e. The van der Waals surface area contributed by atoms with E-state index in [2.05, 4.69) is 5.32 Å². The summed E-state index contributed by atoms with van der Waals surface area (Å²) in [4.78, 5) is 26.6.